The van der Waals surface area contributed by atoms with Gasteiger partial charge < -0.3 is 10.1 Å². The summed E-state index contributed by atoms with van der Waals surface area (Å²) >= 11 is 11.4. The summed E-state index contributed by atoms with van der Waals surface area (Å²) in [5, 5.41) is 4.44. The highest BCUT2D eigenvalue weighted by Gasteiger charge is 2.18. The molecule has 25 heavy (non-hydrogen) atoms. The van der Waals surface area contributed by atoms with E-state index in [9.17, 15) is 22.8 Å². The first-order valence-corrected chi connectivity index (χ1v) is 9.07. The van der Waals surface area contributed by atoms with Crippen molar-refractivity contribution in [2.24, 2.45) is 0 Å². The number of benzene rings is 1. The molecule has 0 fully saturated rings. The van der Waals surface area contributed by atoms with Crippen LogP contribution in [0.4, 0.5) is 4.79 Å². The highest BCUT2D eigenvalue weighted by molar-refractivity contribution is 7.89. The van der Waals surface area contributed by atoms with Crippen molar-refractivity contribution in [2.45, 2.75) is 11.8 Å². The molecule has 0 spiro atoms. The second kappa shape index (κ2) is 9.56. The van der Waals surface area contributed by atoms with Crippen molar-refractivity contribution in [3.8, 4) is 0 Å². The molecule has 0 heterocycles. The highest BCUT2D eigenvalue weighted by Crippen LogP contribution is 2.24. The summed E-state index contributed by atoms with van der Waals surface area (Å²) in [6.45, 7) is 0.529. The average Bonchev–Trinajstić information content (AvgIpc) is 2.53. The molecule has 138 valence electrons. The summed E-state index contributed by atoms with van der Waals surface area (Å²) in [7, 11) is -4.02. The van der Waals surface area contributed by atoms with Gasteiger partial charge in [0.2, 0.25) is 10.0 Å². The van der Waals surface area contributed by atoms with Crippen LogP contribution in [0.1, 0.15) is 6.92 Å². The Morgan fingerprint density at radius 1 is 1.16 bits per heavy atom. The van der Waals surface area contributed by atoms with E-state index in [-0.39, 0.29) is 14.9 Å². The fourth-order valence-corrected chi connectivity index (χ4v) is 2.80. The average molecular weight is 412 g/mol. The number of sulfonamides is 1. The largest absolute Gasteiger partial charge is 0.455 e. The minimum absolute atomic E-state index is 0.0362. The lowest BCUT2D eigenvalue weighted by Gasteiger charge is -2.08. The third kappa shape index (κ3) is 7.26. The van der Waals surface area contributed by atoms with Crippen LogP contribution in [0.3, 0.4) is 0 Å². The zero-order valence-corrected chi connectivity index (χ0v) is 15.3. The van der Waals surface area contributed by atoms with E-state index in [0.717, 1.165) is 6.07 Å². The fourth-order valence-electron chi connectivity index (χ4n) is 1.45. The van der Waals surface area contributed by atoms with Gasteiger partial charge in [0.15, 0.2) is 6.61 Å². The lowest BCUT2D eigenvalue weighted by Crippen LogP contribution is -2.41. The number of nitrogens with one attached hydrogen (secondary N) is 3. The topological polar surface area (TPSA) is 131 Å². The molecule has 12 heteroatoms. The van der Waals surface area contributed by atoms with Gasteiger partial charge in [-0.05, 0) is 25.1 Å². The maximum atomic E-state index is 12.0. The van der Waals surface area contributed by atoms with Crippen molar-refractivity contribution in [3.05, 3.63) is 28.2 Å². The van der Waals surface area contributed by atoms with Crippen LogP contribution in [0, 0.1) is 0 Å². The normalized spacial score (nSPS) is 10.8. The van der Waals surface area contributed by atoms with E-state index < -0.39 is 41.1 Å². The molecule has 9 nitrogen and oxygen atoms in total. The van der Waals surface area contributed by atoms with Crippen molar-refractivity contribution in [2.75, 3.05) is 19.7 Å². The Morgan fingerprint density at radius 3 is 2.44 bits per heavy atom. The molecule has 0 unspecified atom stereocenters. The van der Waals surface area contributed by atoms with E-state index in [2.05, 4.69) is 10.1 Å². The summed E-state index contributed by atoms with van der Waals surface area (Å²) < 4.78 is 30.5. The number of carbonyl (C=O) groups is 3. The van der Waals surface area contributed by atoms with E-state index in [4.69, 9.17) is 23.2 Å². The van der Waals surface area contributed by atoms with Crippen LogP contribution in [-0.2, 0) is 24.3 Å². The quantitative estimate of drug-likeness (QED) is 0.564. The molecule has 0 aromatic heterocycles. The molecule has 0 aliphatic carbocycles. The zero-order valence-electron chi connectivity index (χ0n) is 13.0. The van der Waals surface area contributed by atoms with Crippen LogP contribution in [0.25, 0.3) is 0 Å². The van der Waals surface area contributed by atoms with Gasteiger partial charge in [0.05, 0.1) is 14.9 Å². The van der Waals surface area contributed by atoms with Crippen molar-refractivity contribution >= 4 is 51.1 Å². The lowest BCUT2D eigenvalue weighted by atomic mass is 10.4. The molecule has 3 amide bonds. The predicted molar refractivity (Wildman–Crippen MR) is 89.8 cm³/mol. The molecule has 0 bridgehead atoms. The van der Waals surface area contributed by atoms with E-state index in [1.807, 2.05) is 10.0 Å². The lowest BCUT2D eigenvalue weighted by molar-refractivity contribution is -0.147. The Hall–Kier alpha value is -1.88. The Balaban J connectivity index is 2.48. The van der Waals surface area contributed by atoms with Gasteiger partial charge >= 0.3 is 12.0 Å². The number of ether oxygens (including phenoxy) is 1. The van der Waals surface area contributed by atoms with Crippen molar-refractivity contribution < 1.29 is 27.5 Å². The highest BCUT2D eigenvalue weighted by atomic mass is 35.5. The number of imide groups is 1. The van der Waals surface area contributed by atoms with Gasteiger partial charge in [0.25, 0.3) is 5.91 Å². The smallest absolute Gasteiger partial charge is 0.321 e. The van der Waals surface area contributed by atoms with Gasteiger partial charge in [0, 0.05) is 6.54 Å². The minimum atomic E-state index is -4.02. The SMILES string of the molecule is CCNC(=O)NC(=O)COC(=O)CNS(=O)(=O)c1ccc(Cl)c(Cl)c1. The molecular weight excluding hydrogens is 397 g/mol. The van der Waals surface area contributed by atoms with Gasteiger partial charge in [-0.15, -0.1) is 0 Å². The van der Waals surface area contributed by atoms with Gasteiger partial charge in [-0.25, -0.2) is 13.2 Å². The first-order chi connectivity index (χ1) is 11.7. The third-order valence-corrected chi connectivity index (χ3v) is 4.70. The summed E-state index contributed by atoms with van der Waals surface area (Å²) in [5.74, 6) is -1.86. The first kappa shape index (κ1) is 21.2. The summed E-state index contributed by atoms with van der Waals surface area (Å²) in [4.78, 5) is 33.7. The van der Waals surface area contributed by atoms with E-state index in [0.29, 0.717) is 6.54 Å². The fraction of sp³-hybridized carbons (Fsp3) is 0.308. The van der Waals surface area contributed by atoms with Crippen molar-refractivity contribution in [1.82, 2.24) is 15.4 Å². The molecule has 0 radical (unpaired) electrons. The van der Waals surface area contributed by atoms with Crippen LogP contribution in [0.5, 0.6) is 0 Å². The minimum Gasteiger partial charge on any atom is -0.455 e. The maximum Gasteiger partial charge on any atom is 0.321 e. The van der Waals surface area contributed by atoms with Crippen LogP contribution >= 0.6 is 23.2 Å². The molecule has 0 saturated heterocycles. The zero-order chi connectivity index (χ0) is 19.0. The number of halogens is 2. The molecule has 1 aromatic carbocycles. The van der Waals surface area contributed by atoms with Crippen molar-refractivity contribution in [3.63, 3.8) is 0 Å². The van der Waals surface area contributed by atoms with Crippen LogP contribution in [0.15, 0.2) is 23.1 Å². The van der Waals surface area contributed by atoms with Crippen molar-refractivity contribution in [1.29, 1.82) is 0 Å². The van der Waals surface area contributed by atoms with E-state index >= 15 is 0 Å². The maximum absolute atomic E-state index is 12.0. The standard InChI is InChI=1S/C13H15Cl2N3O6S/c1-2-16-13(21)18-11(19)7-24-12(20)6-17-25(22,23)8-3-4-9(14)10(15)5-8/h3-5,17H,2,6-7H2,1H3,(H2,16,18,19,21). The van der Waals surface area contributed by atoms with Gasteiger partial charge in [-0.2, -0.15) is 4.72 Å². The summed E-state index contributed by atoms with van der Waals surface area (Å²) in [5.41, 5.74) is 0. The number of rotatable bonds is 7. The number of esters is 1. The Morgan fingerprint density at radius 2 is 1.84 bits per heavy atom. The summed E-state index contributed by atoms with van der Waals surface area (Å²) in [6, 6.07) is 2.89. The number of urea groups is 1. The second-order valence-corrected chi connectivity index (χ2v) is 7.05. The molecule has 0 atom stereocenters. The monoisotopic (exact) mass is 411 g/mol. The van der Waals surface area contributed by atoms with Crippen LogP contribution in [-0.4, -0.2) is 46.0 Å². The van der Waals surface area contributed by atoms with Crippen LogP contribution < -0.4 is 15.4 Å². The number of amides is 3. The Bertz CT molecular complexity index is 769. The molecule has 0 aliphatic heterocycles. The van der Waals surface area contributed by atoms with Gasteiger partial charge in [-0.3, -0.25) is 14.9 Å². The van der Waals surface area contributed by atoms with Crippen LogP contribution in [0.2, 0.25) is 10.0 Å². The Kier molecular flexibility index (Phi) is 8.10. The number of carbonyl (C=O) groups excluding carboxylic acids is 3. The number of hydrogen-bond donors (Lipinski definition) is 3. The van der Waals surface area contributed by atoms with E-state index in [1.54, 1.807) is 6.92 Å². The number of hydrogen-bond acceptors (Lipinski definition) is 6. The molecular formula is C13H15Cl2N3O6S. The third-order valence-electron chi connectivity index (χ3n) is 2.56. The molecule has 0 saturated carbocycles. The molecule has 3 N–H and O–H groups in total. The van der Waals surface area contributed by atoms with Gasteiger partial charge in [-0.1, -0.05) is 23.2 Å². The molecule has 1 rings (SSSR count). The predicted octanol–water partition coefficient (Wildman–Crippen LogP) is 0.661. The Labute approximate surface area is 154 Å². The van der Waals surface area contributed by atoms with Gasteiger partial charge in [0.1, 0.15) is 6.54 Å². The summed E-state index contributed by atoms with van der Waals surface area (Å²) in [6.07, 6.45) is 0. The second-order valence-electron chi connectivity index (χ2n) is 4.47. The molecule has 0 aliphatic rings. The first-order valence-electron chi connectivity index (χ1n) is 6.83. The molecule has 1 aromatic rings. The van der Waals surface area contributed by atoms with E-state index in [1.165, 1.54) is 12.1 Å².